The van der Waals surface area contributed by atoms with Crippen LogP contribution in [-0.4, -0.2) is 34.0 Å². The van der Waals surface area contributed by atoms with Crippen LogP contribution in [0.2, 0.25) is 0 Å². The average Bonchev–Trinajstić information content (AvgIpc) is 2.83. The number of ether oxygens (including phenoxy) is 1. The van der Waals surface area contributed by atoms with Gasteiger partial charge in [-0.25, -0.2) is 4.98 Å². The average molecular weight is 450 g/mol. The molecule has 1 aromatic heterocycles. The molecular formula is C27H35N3O3. The Labute approximate surface area is 196 Å². The number of para-hydroxylation sites is 1. The van der Waals surface area contributed by atoms with E-state index in [1.807, 2.05) is 63.4 Å². The lowest BCUT2D eigenvalue weighted by Gasteiger charge is -2.29. The third kappa shape index (κ3) is 5.62. The molecule has 1 unspecified atom stereocenters. The number of benzene rings is 2. The molecule has 3 aromatic rings. The number of carbonyl (C=O) groups excluding carboxylic acids is 1. The van der Waals surface area contributed by atoms with Gasteiger partial charge in [0.05, 0.1) is 29.2 Å². The van der Waals surface area contributed by atoms with Crippen molar-refractivity contribution in [3.05, 3.63) is 64.7 Å². The molecule has 2 aromatic carbocycles. The lowest BCUT2D eigenvalue weighted by Crippen LogP contribution is -2.35. The number of nitrogens with zero attached hydrogens (tertiary/aromatic N) is 3. The summed E-state index contributed by atoms with van der Waals surface area (Å²) in [5.41, 5.74) is 1.21. The summed E-state index contributed by atoms with van der Waals surface area (Å²) >= 11 is 0. The predicted molar refractivity (Wildman–Crippen MR) is 133 cm³/mol. The van der Waals surface area contributed by atoms with Crippen LogP contribution in [0.3, 0.4) is 0 Å². The van der Waals surface area contributed by atoms with Gasteiger partial charge in [-0.3, -0.25) is 14.2 Å². The van der Waals surface area contributed by atoms with Crippen molar-refractivity contribution in [2.24, 2.45) is 0 Å². The molecule has 0 fully saturated rings. The largest absolute Gasteiger partial charge is 0.494 e. The molecule has 1 amide bonds. The van der Waals surface area contributed by atoms with Gasteiger partial charge in [0.25, 0.3) is 5.56 Å². The Bertz CT molecular complexity index is 1120. The first-order valence-electron chi connectivity index (χ1n) is 12.0. The fraction of sp³-hybridized carbons (Fsp3) is 0.444. The topological polar surface area (TPSA) is 64.4 Å². The van der Waals surface area contributed by atoms with E-state index in [2.05, 4.69) is 6.92 Å². The Morgan fingerprint density at radius 1 is 1.03 bits per heavy atom. The van der Waals surface area contributed by atoms with Crippen molar-refractivity contribution in [2.45, 2.75) is 65.3 Å². The predicted octanol–water partition coefficient (Wildman–Crippen LogP) is 5.66. The summed E-state index contributed by atoms with van der Waals surface area (Å²) in [6.45, 7) is 6.69. The van der Waals surface area contributed by atoms with Gasteiger partial charge >= 0.3 is 0 Å². The van der Waals surface area contributed by atoms with E-state index in [9.17, 15) is 9.59 Å². The SMILES string of the molecule is CCCCCCC(=O)N(C)C(CC)c1nc2ccccc2c(=O)n1-c1ccc(OCC)cc1. The minimum absolute atomic E-state index is 0.0820. The highest BCUT2D eigenvalue weighted by atomic mass is 16.5. The van der Waals surface area contributed by atoms with Crippen molar-refractivity contribution < 1.29 is 9.53 Å². The minimum Gasteiger partial charge on any atom is -0.494 e. The third-order valence-corrected chi connectivity index (χ3v) is 6.00. The second kappa shape index (κ2) is 11.6. The van der Waals surface area contributed by atoms with Crippen LogP contribution in [0.4, 0.5) is 0 Å². The summed E-state index contributed by atoms with van der Waals surface area (Å²) in [5, 5.41) is 0.554. The normalized spacial score (nSPS) is 12.0. The molecule has 1 heterocycles. The zero-order valence-electron chi connectivity index (χ0n) is 20.2. The summed E-state index contributed by atoms with van der Waals surface area (Å²) in [6, 6.07) is 14.5. The van der Waals surface area contributed by atoms with Crippen molar-refractivity contribution in [3.63, 3.8) is 0 Å². The highest BCUT2D eigenvalue weighted by Gasteiger charge is 2.26. The van der Waals surface area contributed by atoms with Gasteiger partial charge in [-0.05, 0) is 56.2 Å². The summed E-state index contributed by atoms with van der Waals surface area (Å²) in [6.07, 6.45) is 5.36. The quantitative estimate of drug-likeness (QED) is 0.354. The van der Waals surface area contributed by atoms with Crippen LogP contribution in [0.25, 0.3) is 16.6 Å². The standard InChI is InChI=1S/C27H35N3O3/c1-5-8-9-10-15-25(31)29(4)24(6-2)26-28-23-14-12-11-13-22(23)27(32)30(26)20-16-18-21(19-17-20)33-7-3/h11-14,16-19,24H,5-10,15H2,1-4H3. The van der Waals surface area contributed by atoms with Crippen molar-refractivity contribution in [1.29, 1.82) is 0 Å². The number of carbonyl (C=O) groups is 1. The Morgan fingerprint density at radius 2 is 1.76 bits per heavy atom. The highest BCUT2D eigenvalue weighted by molar-refractivity contribution is 5.79. The summed E-state index contributed by atoms with van der Waals surface area (Å²) in [7, 11) is 1.82. The first kappa shape index (κ1) is 24.5. The number of amides is 1. The van der Waals surface area contributed by atoms with E-state index in [-0.39, 0.29) is 17.5 Å². The van der Waals surface area contributed by atoms with Gasteiger partial charge in [0.15, 0.2) is 0 Å². The van der Waals surface area contributed by atoms with Crippen LogP contribution in [0.1, 0.15) is 71.2 Å². The molecule has 0 saturated heterocycles. The van der Waals surface area contributed by atoms with E-state index in [1.165, 1.54) is 0 Å². The molecule has 0 N–H and O–H groups in total. The minimum atomic E-state index is -0.312. The number of unbranched alkanes of at least 4 members (excludes halogenated alkanes) is 3. The van der Waals surface area contributed by atoms with E-state index in [1.54, 1.807) is 15.5 Å². The molecule has 1 atom stereocenters. The van der Waals surface area contributed by atoms with Gasteiger partial charge < -0.3 is 9.64 Å². The van der Waals surface area contributed by atoms with Crippen molar-refractivity contribution in [2.75, 3.05) is 13.7 Å². The third-order valence-electron chi connectivity index (χ3n) is 6.00. The van der Waals surface area contributed by atoms with Gasteiger partial charge in [-0.2, -0.15) is 0 Å². The zero-order chi connectivity index (χ0) is 23.8. The van der Waals surface area contributed by atoms with Crippen LogP contribution in [0.15, 0.2) is 53.3 Å². The maximum Gasteiger partial charge on any atom is 0.266 e. The number of hydrogen-bond acceptors (Lipinski definition) is 4. The Balaban J connectivity index is 2.06. The maximum atomic E-state index is 13.6. The number of hydrogen-bond donors (Lipinski definition) is 0. The Morgan fingerprint density at radius 3 is 2.42 bits per heavy atom. The van der Waals surface area contributed by atoms with Crippen molar-refractivity contribution >= 4 is 16.8 Å². The van der Waals surface area contributed by atoms with Crippen LogP contribution in [0.5, 0.6) is 5.75 Å². The Kier molecular flexibility index (Phi) is 8.64. The zero-order valence-corrected chi connectivity index (χ0v) is 20.2. The van der Waals surface area contributed by atoms with E-state index in [0.717, 1.165) is 31.4 Å². The lowest BCUT2D eigenvalue weighted by molar-refractivity contribution is -0.132. The molecule has 0 spiro atoms. The molecule has 176 valence electrons. The fourth-order valence-corrected chi connectivity index (χ4v) is 4.16. The molecule has 0 radical (unpaired) electrons. The number of fused-ring (bicyclic) bond motifs is 1. The molecule has 0 aliphatic rings. The number of rotatable bonds is 11. The molecule has 0 aliphatic carbocycles. The Hall–Kier alpha value is -3.15. The molecule has 0 bridgehead atoms. The molecule has 6 nitrogen and oxygen atoms in total. The summed E-state index contributed by atoms with van der Waals surface area (Å²) in [5.74, 6) is 1.41. The highest BCUT2D eigenvalue weighted by Crippen LogP contribution is 2.26. The van der Waals surface area contributed by atoms with Gasteiger partial charge in [0, 0.05) is 13.5 Å². The fourth-order valence-electron chi connectivity index (χ4n) is 4.16. The number of aromatic nitrogens is 2. The van der Waals surface area contributed by atoms with E-state index in [4.69, 9.17) is 9.72 Å². The first-order valence-corrected chi connectivity index (χ1v) is 12.0. The first-order chi connectivity index (χ1) is 16.0. The maximum absolute atomic E-state index is 13.6. The smallest absolute Gasteiger partial charge is 0.266 e. The van der Waals surface area contributed by atoms with Gasteiger partial charge in [0.2, 0.25) is 5.91 Å². The molecule has 0 aliphatic heterocycles. The van der Waals surface area contributed by atoms with E-state index < -0.39 is 0 Å². The van der Waals surface area contributed by atoms with E-state index in [0.29, 0.717) is 41.9 Å². The summed E-state index contributed by atoms with van der Waals surface area (Å²) < 4.78 is 7.21. The van der Waals surface area contributed by atoms with Gasteiger partial charge in [-0.15, -0.1) is 0 Å². The van der Waals surface area contributed by atoms with Crippen LogP contribution < -0.4 is 10.3 Å². The van der Waals surface area contributed by atoms with Gasteiger partial charge in [0.1, 0.15) is 11.6 Å². The second-order valence-electron chi connectivity index (χ2n) is 8.29. The second-order valence-corrected chi connectivity index (χ2v) is 8.29. The van der Waals surface area contributed by atoms with Crippen LogP contribution in [-0.2, 0) is 4.79 Å². The lowest BCUT2D eigenvalue weighted by atomic mass is 10.1. The molecule has 3 rings (SSSR count). The van der Waals surface area contributed by atoms with E-state index >= 15 is 0 Å². The molecule has 33 heavy (non-hydrogen) atoms. The molecule has 0 saturated carbocycles. The van der Waals surface area contributed by atoms with Crippen molar-refractivity contribution in [3.8, 4) is 11.4 Å². The van der Waals surface area contributed by atoms with Gasteiger partial charge in [-0.1, -0.05) is 45.2 Å². The van der Waals surface area contributed by atoms with Crippen LogP contribution >= 0.6 is 0 Å². The van der Waals surface area contributed by atoms with Crippen LogP contribution in [0, 0.1) is 0 Å². The van der Waals surface area contributed by atoms with Crippen molar-refractivity contribution in [1.82, 2.24) is 14.5 Å². The summed E-state index contributed by atoms with van der Waals surface area (Å²) in [4.78, 5) is 33.2. The monoisotopic (exact) mass is 449 g/mol. The molecular weight excluding hydrogens is 414 g/mol. The molecule has 6 heteroatoms.